The zero-order valence-electron chi connectivity index (χ0n) is 12.0. The summed E-state index contributed by atoms with van der Waals surface area (Å²) in [7, 11) is -3.76. The van der Waals surface area contributed by atoms with Gasteiger partial charge in [-0.1, -0.05) is 30.3 Å². The molecule has 0 N–H and O–H groups in total. The number of carbonyl (C=O) groups excluding carboxylic acids is 1. The first kappa shape index (κ1) is 14.6. The molecule has 22 heavy (non-hydrogen) atoms. The van der Waals surface area contributed by atoms with Gasteiger partial charge in [0.2, 0.25) is 0 Å². The number of nitrogens with zero attached hydrogens (tertiary/aromatic N) is 1. The van der Waals surface area contributed by atoms with Gasteiger partial charge < -0.3 is 4.74 Å². The summed E-state index contributed by atoms with van der Waals surface area (Å²) in [6.45, 7) is 2.01. The summed E-state index contributed by atoms with van der Waals surface area (Å²) in [5.41, 5.74) is 1.18. The number of amides is 1. The van der Waals surface area contributed by atoms with E-state index in [1.54, 1.807) is 12.1 Å². The highest BCUT2D eigenvalue weighted by molar-refractivity contribution is 7.90. The minimum absolute atomic E-state index is 0.00974. The maximum Gasteiger partial charge on any atom is 0.269 e. The monoisotopic (exact) mass is 317 g/mol. The van der Waals surface area contributed by atoms with E-state index in [2.05, 4.69) is 0 Å². The van der Waals surface area contributed by atoms with Crippen LogP contribution in [0.5, 0.6) is 5.75 Å². The second-order valence-electron chi connectivity index (χ2n) is 4.99. The molecule has 0 aliphatic carbocycles. The lowest BCUT2D eigenvalue weighted by atomic mass is 10.2. The summed E-state index contributed by atoms with van der Waals surface area (Å²) in [6, 6.07) is 13.7. The van der Waals surface area contributed by atoms with E-state index in [9.17, 15) is 13.2 Å². The van der Waals surface area contributed by atoms with E-state index in [4.69, 9.17) is 4.74 Å². The second-order valence-corrected chi connectivity index (χ2v) is 6.82. The standard InChI is InChI=1S/C16H15NO4S/c1-12-6-2-4-8-14(12)21-11-10-17-16(18)13-7-3-5-9-15(13)22(17,19)20/h2-9H,10-11H2,1H3. The Kier molecular flexibility index (Phi) is 3.62. The minimum atomic E-state index is -3.76. The highest BCUT2D eigenvalue weighted by Crippen LogP contribution is 2.29. The summed E-state index contributed by atoms with van der Waals surface area (Å²) in [6.07, 6.45) is 0. The van der Waals surface area contributed by atoms with Crippen LogP contribution in [-0.4, -0.2) is 31.8 Å². The predicted molar refractivity (Wildman–Crippen MR) is 81.3 cm³/mol. The van der Waals surface area contributed by atoms with Crippen molar-refractivity contribution >= 4 is 15.9 Å². The van der Waals surface area contributed by atoms with Crippen molar-refractivity contribution in [3.05, 3.63) is 59.7 Å². The van der Waals surface area contributed by atoms with Gasteiger partial charge in [-0.15, -0.1) is 0 Å². The maximum absolute atomic E-state index is 12.4. The Hall–Kier alpha value is -2.34. The van der Waals surface area contributed by atoms with Crippen molar-refractivity contribution in [3.63, 3.8) is 0 Å². The fourth-order valence-electron chi connectivity index (χ4n) is 2.41. The molecule has 1 aliphatic heterocycles. The van der Waals surface area contributed by atoms with E-state index >= 15 is 0 Å². The fraction of sp³-hybridized carbons (Fsp3) is 0.188. The molecular weight excluding hydrogens is 302 g/mol. The molecule has 2 aromatic rings. The van der Waals surface area contributed by atoms with Gasteiger partial charge in [0.1, 0.15) is 17.3 Å². The van der Waals surface area contributed by atoms with Crippen molar-refractivity contribution in [1.82, 2.24) is 4.31 Å². The Labute approximate surface area is 129 Å². The highest BCUT2D eigenvalue weighted by Gasteiger charge is 2.40. The van der Waals surface area contributed by atoms with E-state index < -0.39 is 15.9 Å². The number of ether oxygens (including phenoxy) is 1. The van der Waals surface area contributed by atoms with E-state index in [0.717, 1.165) is 9.87 Å². The van der Waals surface area contributed by atoms with Crippen molar-refractivity contribution in [2.75, 3.05) is 13.2 Å². The van der Waals surface area contributed by atoms with Crippen molar-refractivity contribution in [1.29, 1.82) is 0 Å². The van der Waals surface area contributed by atoms with E-state index in [1.165, 1.54) is 12.1 Å². The number of hydrogen-bond acceptors (Lipinski definition) is 4. The Bertz CT molecular complexity index is 830. The number of rotatable bonds is 4. The fourth-order valence-corrected chi connectivity index (χ4v) is 3.96. The van der Waals surface area contributed by atoms with Gasteiger partial charge in [0.15, 0.2) is 0 Å². The van der Waals surface area contributed by atoms with Gasteiger partial charge in [0, 0.05) is 0 Å². The number of fused-ring (bicyclic) bond motifs is 1. The number of aryl methyl sites for hydroxylation is 1. The topological polar surface area (TPSA) is 63.7 Å². The lowest BCUT2D eigenvalue weighted by Crippen LogP contribution is -2.33. The molecule has 0 saturated heterocycles. The summed E-state index contributed by atoms with van der Waals surface area (Å²) in [4.78, 5) is 12.3. The molecule has 2 aromatic carbocycles. The summed E-state index contributed by atoms with van der Waals surface area (Å²) in [5.74, 6) is 0.188. The lowest BCUT2D eigenvalue weighted by Gasteiger charge is -2.16. The molecule has 0 unspecified atom stereocenters. The molecule has 1 heterocycles. The molecule has 3 rings (SSSR count). The molecule has 5 nitrogen and oxygen atoms in total. The molecule has 1 aliphatic rings. The number of para-hydroxylation sites is 1. The van der Waals surface area contributed by atoms with Crippen LogP contribution >= 0.6 is 0 Å². The smallest absolute Gasteiger partial charge is 0.269 e. The van der Waals surface area contributed by atoms with Crippen LogP contribution in [0.25, 0.3) is 0 Å². The molecule has 0 atom stereocenters. The Morgan fingerprint density at radius 1 is 1.05 bits per heavy atom. The Balaban J connectivity index is 1.75. The van der Waals surface area contributed by atoms with Crippen LogP contribution in [0.2, 0.25) is 0 Å². The Morgan fingerprint density at radius 2 is 1.73 bits per heavy atom. The number of sulfonamides is 1. The van der Waals surface area contributed by atoms with Gasteiger partial charge >= 0.3 is 0 Å². The third kappa shape index (κ3) is 2.35. The van der Waals surface area contributed by atoms with Crippen LogP contribution < -0.4 is 4.74 Å². The highest BCUT2D eigenvalue weighted by atomic mass is 32.2. The predicted octanol–water partition coefficient (Wildman–Crippen LogP) is 2.22. The normalized spacial score (nSPS) is 15.7. The molecule has 0 bridgehead atoms. The van der Waals surface area contributed by atoms with Crippen LogP contribution in [0.3, 0.4) is 0 Å². The van der Waals surface area contributed by atoms with Gasteiger partial charge in [-0.2, -0.15) is 0 Å². The lowest BCUT2D eigenvalue weighted by molar-refractivity contribution is 0.0857. The van der Waals surface area contributed by atoms with Gasteiger partial charge in [-0.05, 0) is 30.7 Å². The SMILES string of the molecule is Cc1ccccc1OCCN1C(=O)c2ccccc2S1(=O)=O. The average molecular weight is 317 g/mol. The number of carbonyl (C=O) groups is 1. The largest absolute Gasteiger partial charge is 0.491 e. The van der Waals surface area contributed by atoms with Crippen LogP contribution in [0.4, 0.5) is 0 Å². The van der Waals surface area contributed by atoms with Crippen molar-refractivity contribution in [2.45, 2.75) is 11.8 Å². The molecule has 0 fully saturated rings. The minimum Gasteiger partial charge on any atom is -0.491 e. The zero-order chi connectivity index (χ0) is 15.7. The summed E-state index contributed by atoms with van der Waals surface area (Å²) < 4.78 is 31.2. The van der Waals surface area contributed by atoms with E-state index in [1.807, 2.05) is 31.2 Å². The van der Waals surface area contributed by atoms with Crippen molar-refractivity contribution in [2.24, 2.45) is 0 Å². The molecule has 6 heteroatoms. The summed E-state index contributed by atoms with van der Waals surface area (Å²) >= 11 is 0. The van der Waals surface area contributed by atoms with Crippen LogP contribution in [0.1, 0.15) is 15.9 Å². The molecule has 114 valence electrons. The van der Waals surface area contributed by atoms with Gasteiger partial charge in [0.05, 0.1) is 12.1 Å². The summed E-state index contributed by atoms with van der Waals surface area (Å²) in [5, 5.41) is 0. The third-order valence-corrected chi connectivity index (χ3v) is 5.40. The molecule has 0 saturated carbocycles. The first-order chi connectivity index (χ1) is 10.5. The average Bonchev–Trinajstić information content (AvgIpc) is 2.70. The quantitative estimate of drug-likeness (QED) is 0.867. The number of benzene rings is 2. The van der Waals surface area contributed by atoms with Crippen molar-refractivity contribution < 1.29 is 17.9 Å². The van der Waals surface area contributed by atoms with Gasteiger partial charge in [-0.3, -0.25) is 4.79 Å². The van der Waals surface area contributed by atoms with E-state index in [-0.39, 0.29) is 23.6 Å². The third-order valence-electron chi connectivity index (χ3n) is 3.56. The zero-order valence-corrected chi connectivity index (χ0v) is 12.8. The van der Waals surface area contributed by atoms with Crippen LogP contribution in [-0.2, 0) is 10.0 Å². The van der Waals surface area contributed by atoms with Gasteiger partial charge in [0.25, 0.3) is 15.9 Å². The number of hydrogen-bond donors (Lipinski definition) is 0. The maximum atomic E-state index is 12.4. The molecule has 0 spiro atoms. The van der Waals surface area contributed by atoms with Gasteiger partial charge in [-0.25, -0.2) is 12.7 Å². The molecule has 0 radical (unpaired) electrons. The van der Waals surface area contributed by atoms with Crippen LogP contribution in [0, 0.1) is 6.92 Å². The first-order valence-electron chi connectivity index (χ1n) is 6.86. The molecule has 0 aromatic heterocycles. The van der Waals surface area contributed by atoms with Crippen LogP contribution in [0.15, 0.2) is 53.4 Å². The van der Waals surface area contributed by atoms with E-state index in [0.29, 0.717) is 5.75 Å². The Morgan fingerprint density at radius 3 is 2.45 bits per heavy atom. The molecule has 1 amide bonds. The first-order valence-corrected chi connectivity index (χ1v) is 8.30. The molecular formula is C16H15NO4S. The van der Waals surface area contributed by atoms with Crippen molar-refractivity contribution in [3.8, 4) is 5.75 Å². The second kappa shape index (κ2) is 5.46.